The van der Waals surface area contributed by atoms with Gasteiger partial charge < -0.3 is 5.11 Å². The fourth-order valence-electron chi connectivity index (χ4n) is 1.41. The zero-order valence-corrected chi connectivity index (χ0v) is 8.54. The summed E-state index contributed by atoms with van der Waals surface area (Å²) >= 11 is 0. The normalized spacial score (nSPS) is 11.7. The minimum atomic E-state index is -0.634. The average Bonchev–Trinajstić information content (AvgIpc) is 2.02. The molecular formula is C11H17NO. The highest BCUT2D eigenvalue weighted by atomic mass is 16.3. The summed E-state index contributed by atoms with van der Waals surface area (Å²) in [4.78, 5) is 4.06. The quantitative estimate of drug-likeness (QED) is 0.769. The minimum absolute atomic E-state index is 0.634. The van der Waals surface area contributed by atoms with E-state index < -0.39 is 5.60 Å². The zero-order chi connectivity index (χ0) is 9.90. The molecule has 1 aromatic rings. The molecule has 0 aliphatic heterocycles. The molecule has 0 saturated heterocycles. The lowest BCUT2D eigenvalue weighted by molar-refractivity contribution is 0.0807. The van der Waals surface area contributed by atoms with E-state index in [0.29, 0.717) is 6.42 Å². The van der Waals surface area contributed by atoms with Gasteiger partial charge in [0.25, 0.3) is 0 Å². The summed E-state index contributed by atoms with van der Waals surface area (Å²) in [6.07, 6.45) is 5.32. The Morgan fingerprint density at radius 2 is 2.08 bits per heavy atom. The van der Waals surface area contributed by atoms with E-state index in [4.69, 9.17) is 0 Å². The van der Waals surface area contributed by atoms with Crippen LogP contribution in [0.4, 0.5) is 0 Å². The lowest BCUT2D eigenvalue weighted by Gasteiger charge is -2.18. The van der Waals surface area contributed by atoms with Crippen LogP contribution in [0.25, 0.3) is 0 Å². The number of aliphatic hydroxyl groups is 1. The Morgan fingerprint density at radius 1 is 1.38 bits per heavy atom. The van der Waals surface area contributed by atoms with Crippen LogP contribution in [0.3, 0.4) is 0 Å². The molecular weight excluding hydrogens is 162 g/mol. The first-order valence-corrected chi connectivity index (χ1v) is 4.67. The molecule has 0 aliphatic carbocycles. The topological polar surface area (TPSA) is 33.1 Å². The summed E-state index contributed by atoms with van der Waals surface area (Å²) < 4.78 is 0. The van der Waals surface area contributed by atoms with Crippen molar-refractivity contribution in [3.63, 3.8) is 0 Å². The average molecular weight is 179 g/mol. The molecule has 0 fully saturated rings. The van der Waals surface area contributed by atoms with E-state index in [1.54, 1.807) is 6.20 Å². The van der Waals surface area contributed by atoms with Crippen molar-refractivity contribution in [2.24, 2.45) is 0 Å². The number of hydrogen-bond acceptors (Lipinski definition) is 2. The molecule has 0 aromatic carbocycles. The van der Waals surface area contributed by atoms with Crippen LogP contribution in [0.5, 0.6) is 0 Å². The maximum absolute atomic E-state index is 9.67. The monoisotopic (exact) mass is 179 g/mol. The molecule has 1 aromatic heterocycles. The SMILES string of the molecule is CCc1cnccc1CC(C)(C)O. The van der Waals surface area contributed by atoms with E-state index in [9.17, 15) is 5.11 Å². The second kappa shape index (κ2) is 3.88. The van der Waals surface area contributed by atoms with E-state index in [-0.39, 0.29) is 0 Å². The third kappa shape index (κ3) is 3.15. The van der Waals surface area contributed by atoms with Gasteiger partial charge in [-0.2, -0.15) is 0 Å². The number of aryl methyl sites for hydroxylation is 1. The third-order valence-corrected chi connectivity index (χ3v) is 2.01. The van der Waals surface area contributed by atoms with Crippen molar-refractivity contribution in [3.8, 4) is 0 Å². The Hall–Kier alpha value is -0.890. The molecule has 0 radical (unpaired) electrons. The first-order valence-electron chi connectivity index (χ1n) is 4.67. The van der Waals surface area contributed by atoms with Crippen LogP contribution in [-0.4, -0.2) is 15.7 Å². The van der Waals surface area contributed by atoms with Crippen LogP contribution in [0, 0.1) is 0 Å². The van der Waals surface area contributed by atoms with Crippen LogP contribution in [0.15, 0.2) is 18.5 Å². The van der Waals surface area contributed by atoms with Gasteiger partial charge in [0.05, 0.1) is 5.60 Å². The molecule has 0 amide bonds. The molecule has 1 N–H and O–H groups in total. The highest BCUT2D eigenvalue weighted by molar-refractivity contribution is 5.24. The second-order valence-corrected chi connectivity index (χ2v) is 3.99. The van der Waals surface area contributed by atoms with E-state index in [0.717, 1.165) is 6.42 Å². The molecule has 0 bridgehead atoms. The van der Waals surface area contributed by atoms with Crippen molar-refractivity contribution in [1.82, 2.24) is 4.98 Å². The number of aromatic nitrogens is 1. The summed E-state index contributed by atoms with van der Waals surface area (Å²) in [5.41, 5.74) is 1.79. The lowest BCUT2D eigenvalue weighted by Crippen LogP contribution is -2.22. The summed E-state index contributed by atoms with van der Waals surface area (Å²) in [6.45, 7) is 5.75. The number of pyridine rings is 1. The molecule has 0 saturated carbocycles. The fourth-order valence-corrected chi connectivity index (χ4v) is 1.41. The Morgan fingerprint density at radius 3 is 2.62 bits per heavy atom. The van der Waals surface area contributed by atoms with Gasteiger partial charge in [-0.25, -0.2) is 0 Å². The van der Waals surface area contributed by atoms with Crippen molar-refractivity contribution in [2.45, 2.75) is 39.2 Å². The zero-order valence-electron chi connectivity index (χ0n) is 8.54. The highest BCUT2D eigenvalue weighted by Crippen LogP contribution is 2.15. The molecule has 1 heterocycles. The second-order valence-electron chi connectivity index (χ2n) is 3.99. The molecule has 0 unspecified atom stereocenters. The van der Waals surface area contributed by atoms with Gasteiger partial charge in [-0.3, -0.25) is 4.98 Å². The van der Waals surface area contributed by atoms with Gasteiger partial charge in [0, 0.05) is 18.8 Å². The number of rotatable bonds is 3. The van der Waals surface area contributed by atoms with Crippen LogP contribution < -0.4 is 0 Å². The molecule has 2 heteroatoms. The maximum Gasteiger partial charge on any atom is 0.0632 e. The molecule has 0 spiro atoms. The highest BCUT2D eigenvalue weighted by Gasteiger charge is 2.14. The number of hydrogen-bond donors (Lipinski definition) is 1. The van der Waals surface area contributed by atoms with E-state index >= 15 is 0 Å². The van der Waals surface area contributed by atoms with E-state index in [1.165, 1.54) is 11.1 Å². The summed E-state index contributed by atoms with van der Waals surface area (Å²) in [5, 5.41) is 9.67. The summed E-state index contributed by atoms with van der Waals surface area (Å²) in [6, 6.07) is 1.98. The predicted octanol–water partition coefficient (Wildman–Crippen LogP) is 1.96. The summed E-state index contributed by atoms with van der Waals surface area (Å²) in [5.74, 6) is 0. The fraction of sp³-hybridized carbons (Fsp3) is 0.545. The Labute approximate surface area is 79.6 Å². The van der Waals surface area contributed by atoms with Gasteiger partial charge in [-0.1, -0.05) is 6.92 Å². The van der Waals surface area contributed by atoms with Crippen molar-refractivity contribution in [2.75, 3.05) is 0 Å². The first-order chi connectivity index (χ1) is 6.03. The molecule has 13 heavy (non-hydrogen) atoms. The van der Waals surface area contributed by atoms with Gasteiger partial charge in [0.1, 0.15) is 0 Å². The number of nitrogens with zero attached hydrogens (tertiary/aromatic N) is 1. The molecule has 0 aliphatic rings. The van der Waals surface area contributed by atoms with Crippen LogP contribution in [-0.2, 0) is 12.8 Å². The molecule has 1 rings (SSSR count). The van der Waals surface area contributed by atoms with Crippen molar-refractivity contribution in [3.05, 3.63) is 29.6 Å². The Kier molecular flexibility index (Phi) is 3.04. The Balaban J connectivity index is 2.87. The van der Waals surface area contributed by atoms with Gasteiger partial charge in [-0.15, -0.1) is 0 Å². The molecule has 2 nitrogen and oxygen atoms in total. The van der Waals surface area contributed by atoms with Crippen molar-refractivity contribution < 1.29 is 5.11 Å². The largest absolute Gasteiger partial charge is 0.390 e. The van der Waals surface area contributed by atoms with Crippen LogP contribution in [0.2, 0.25) is 0 Å². The van der Waals surface area contributed by atoms with Crippen molar-refractivity contribution >= 4 is 0 Å². The van der Waals surface area contributed by atoms with Crippen LogP contribution >= 0.6 is 0 Å². The van der Waals surface area contributed by atoms with Gasteiger partial charge in [-0.05, 0) is 37.5 Å². The smallest absolute Gasteiger partial charge is 0.0632 e. The van der Waals surface area contributed by atoms with Crippen LogP contribution in [0.1, 0.15) is 31.9 Å². The first kappa shape index (κ1) is 10.2. The maximum atomic E-state index is 9.67. The minimum Gasteiger partial charge on any atom is -0.390 e. The predicted molar refractivity (Wildman–Crippen MR) is 53.6 cm³/mol. The molecule has 72 valence electrons. The summed E-state index contributed by atoms with van der Waals surface area (Å²) in [7, 11) is 0. The Bertz CT molecular complexity index is 276. The van der Waals surface area contributed by atoms with Gasteiger partial charge in [0.15, 0.2) is 0 Å². The third-order valence-electron chi connectivity index (χ3n) is 2.01. The van der Waals surface area contributed by atoms with E-state index in [1.807, 2.05) is 26.1 Å². The van der Waals surface area contributed by atoms with Crippen molar-refractivity contribution in [1.29, 1.82) is 0 Å². The molecule has 0 atom stereocenters. The van der Waals surface area contributed by atoms with Gasteiger partial charge in [0.2, 0.25) is 0 Å². The van der Waals surface area contributed by atoms with E-state index in [2.05, 4.69) is 11.9 Å². The standard InChI is InChI=1S/C11H17NO/c1-4-9-8-12-6-5-10(9)7-11(2,3)13/h5-6,8,13H,4,7H2,1-3H3. The van der Waals surface area contributed by atoms with Gasteiger partial charge >= 0.3 is 0 Å². The lowest BCUT2D eigenvalue weighted by atomic mass is 9.95.